The number of nitrogens with zero attached hydrogens (tertiary/aromatic N) is 1. The van der Waals surface area contributed by atoms with E-state index in [1.54, 1.807) is 4.90 Å². The van der Waals surface area contributed by atoms with Gasteiger partial charge in [-0.15, -0.1) is 0 Å². The Hall–Kier alpha value is -1.55. The van der Waals surface area contributed by atoms with Gasteiger partial charge in [-0.2, -0.15) is 0 Å². The third-order valence-electron chi connectivity index (χ3n) is 3.53. The molecule has 0 bridgehead atoms. The van der Waals surface area contributed by atoms with Gasteiger partial charge in [-0.1, -0.05) is 24.3 Å². The predicted octanol–water partition coefficient (Wildman–Crippen LogP) is 2.70. The fourth-order valence-electron chi connectivity index (χ4n) is 2.69. The van der Waals surface area contributed by atoms with E-state index in [1.165, 1.54) is 5.56 Å². The number of rotatable bonds is 4. The first-order valence-electron chi connectivity index (χ1n) is 6.77. The number of carbonyl (C=O) groups is 1. The van der Waals surface area contributed by atoms with E-state index in [0.29, 0.717) is 0 Å². The smallest absolute Gasteiger partial charge is 0.411 e. The molecule has 0 radical (unpaired) electrons. The Kier molecular flexibility index (Phi) is 4.10. The summed E-state index contributed by atoms with van der Waals surface area (Å²) in [6, 6.07) is 8.44. The molecule has 2 atom stereocenters. The molecular weight excluding hydrogens is 240 g/mol. The molecule has 2 rings (SSSR count). The third-order valence-corrected chi connectivity index (χ3v) is 3.53. The van der Waals surface area contributed by atoms with E-state index >= 15 is 0 Å². The van der Waals surface area contributed by atoms with Crippen LogP contribution in [0.15, 0.2) is 24.3 Å². The predicted molar refractivity (Wildman–Crippen MR) is 74.9 cm³/mol. The number of hydrogen-bond donors (Lipinski definition) is 1. The fraction of sp³-hybridized carbons (Fsp3) is 0.533. The largest absolute Gasteiger partial charge is 0.439 e. The van der Waals surface area contributed by atoms with Gasteiger partial charge in [0.15, 0.2) is 0 Å². The molecule has 1 aromatic carbocycles. The van der Waals surface area contributed by atoms with Crippen LogP contribution >= 0.6 is 0 Å². The van der Waals surface area contributed by atoms with Gasteiger partial charge in [0.2, 0.25) is 0 Å². The Morgan fingerprint density at radius 2 is 2.16 bits per heavy atom. The van der Waals surface area contributed by atoms with Gasteiger partial charge >= 0.3 is 6.09 Å². The summed E-state index contributed by atoms with van der Waals surface area (Å²) in [4.78, 5) is 13.7. The highest BCUT2D eigenvalue weighted by Gasteiger charge is 2.40. The maximum atomic E-state index is 11.9. The van der Waals surface area contributed by atoms with E-state index in [1.807, 2.05) is 40.0 Å². The Morgan fingerprint density at radius 3 is 2.74 bits per heavy atom. The van der Waals surface area contributed by atoms with Crippen molar-refractivity contribution in [1.82, 2.24) is 10.2 Å². The molecular formula is C15H22N2O2. The minimum Gasteiger partial charge on any atom is -0.439 e. The van der Waals surface area contributed by atoms with Crippen molar-refractivity contribution in [3.8, 4) is 0 Å². The molecule has 19 heavy (non-hydrogen) atoms. The quantitative estimate of drug-likeness (QED) is 0.907. The van der Waals surface area contributed by atoms with Crippen LogP contribution in [0, 0.1) is 0 Å². The van der Waals surface area contributed by atoms with Crippen molar-refractivity contribution in [3.63, 3.8) is 0 Å². The maximum Gasteiger partial charge on any atom is 0.411 e. The molecule has 1 aliphatic heterocycles. The Morgan fingerprint density at radius 1 is 1.42 bits per heavy atom. The molecule has 1 saturated heterocycles. The standard InChI is InChI=1S/C15H22N2O2/c1-10(2)17-11(3)14(19-15(17)18)13-7-5-6-12(8-13)9-16-4/h5-8,10-11,14,16H,9H2,1-4H3/t11-,14-/m0/s1. The van der Waals surface area contributed by atoms with E-state index in [9.17, 15) is 4.79 Å². The number of carbonyl (C=O) groups excluding carboxylic acids is 1. The van der Waals surface area contributed by atoms with Crippen LogP contribution < -0.4 is 5.32 Å². The summed E-state index contributed by atoms with van der Waals surface area (Å²) < 4.78 is 5.53. The molecule has 104 valence electrons. The van der Waals surface area contributed by atoms with Gasteiger partial charge in [0.05, 0.1) is 6.04 Å². The maximum absolute atomic E-state index is 11.9. The minimum absolute atomic E-state index is 0.0670. The van der Waals surface area contributed by atoms with Crippen LogP contribution in [-0.2, 0) is 11.3 Å². The molecule has 1 N–H and O–H groups in total. The topological polar surface area (TPSA) is 41.6 Å². The summed E-state index contributed by atoms with van der Waals surface area (Å²) in [6.07, 6.45) is -0.391. The molecule has 1 heterocycles. The average molecular weight is 262 g/mol. The lowest BCUT2D eigenvalue weighted by molar-refractivity contribution is 0.129. The van der Waals surface area contributed by atoms with Crippen molar-refractivity contribution in [2.45, 2.75) is 45.5 Å². The lowest BCUT2D eigenvalue weighted by Gasteiger charge is -2.24. The molecule has 4 nitrogen and oxygen atoms in total. The number of amides is 1. The van der Waals surface area contributed by atoms with Crippen LogP contribution in [0.25, 0.3) is 0 Å². The van der Waals surface area contributed by atoms with E-state index in [0.717, 1.165) is 12.1 Å². The number of nitrogens with one attached hydrogen (secondary N) is 1. The van der Waals surface area contributed by atoms with Crippen molar-refractivity contribution in [1.29, 1.82) is 0 Å². The zero-order valence-corrected chi connectivity index (χ0v) is 12.0. The van der Waals surface area contributed by atoms with Crippen LogP contribution in [0.2, 0.25) is 0 Å². The summed E-state index contributed by atoms with van der Waals surface area (Å²) in [5, 5.41) is 3.13. The molecule has 1 amide bonds. The summed E-state index contributed by atoms with van der Waals surface area (Å²) in [5.41, 5.74) is 2.27. The fourth-order valence-corrected chi connectivity index (χ4v) is 2.69. The van der Waals surface area contributed by atoms with Crippen molar-refractivity contribution < 1.29 is 9.53 Å². The summed E-state index contributed by atoms with van der Waals surface area (Å²) >= 11 is 0. The summed E-state index contributed by atoms with van der Waals surface area (Å²) in [6.45, 7) is 6.88. The molecule has 1 fully saturated rings. The zero-order valence-electron chi connectivity index (χ0n) is 12.0. The van der Waals surface area contributed by atoms with Gasteiger partial charge in [0, 0.05) is 12.6 Å². The highest BCUT2D eigenvalue weighted by Crippen LogP contribution is 2.33. The van der Waals surface area contributed by atoms with Crippen molar-refractivity contribution >= 4 is 6.09 Å². The molecule has 0 aliphatic carbocycles. The van der Waals surface area contributed by atoms with E-state index < -0.39 is 0 Å². The third kappa shape index (κ3) is 2.73. The lowest BCUT2D eigenvalue weighted by Crippen LogP contribution is -2.37. The highest BCUT2D eigenvalue weighted by molar-refractivity contribution is 5.71. The first kappa shape index (κ1) is 13.9. The van der Waals surface area contributed by atoms with Crippen LogP contribution in [0.5, 0.6) is 0 Å². The number of ether oxygens (including phenoxy) is 1. The van der Waals surface area contributed by atoms with Crippen molar-refractivity contribution in [3.05, 3.63) is 35.4 Å². The number of benzene rings is 1. The van der Waals surface area contributed by atoms with Gasteiger partial charge in [0.1, 0.15) is 6.10 Å². The second-order valence-corrected chi connectivity index (χ2v) is 5.32. The monoisotopic (exact) mass is 262 g/mol. The second kappa shape index (κ2) is 5.61. The number of cyclic esters (lactones) is 1. The van der Waals surface area contributed by atoms with Gasteiger partial charge in [-0.3, -0.25) is 4.90 Å². The van der Waals surface area contributed by atoms with Crippen LogP contribution in [0.3, 0.4) is 0 Å². The molecule has 0 saturated carbocycles. The molecule has 0 unspecified atom stereocenters. The van der Waals surface area contributed by atoms with E-state index in [-0.39, 0.29) is 24.3 Å². The first-order chi connectivity index (χ1) is 9.04. The van der Waals surface area contributed by atoms with Crippen LogP contribution in [0.1, 0.15) is 38.0 Å². The van der Waals surface area contributed by atoms with Gasteiger partial charge in [0.25, 0.3) is 0 Å². The Balaban J connectivity index is 2.23. The summed E-state index contributed by atoms with van der Waals surface area (Å²) in [7, 11) is 1.92. The normalized spacial score (nSPS) is 23.0. The molecule has 0 aromatic heterocycles. The second-order valence-electron chi connectivity index (χ2n) is 5.32. The van der Waals surface area contributed by atoms with Gasteiger partial charge < -0.3 is 10.1 Å². The van der Waals surface area contributed by atoms with Crippen molar-refractivity contribution in [2.24, 2.45) is 0 Å². The van der Waals surface area contributed by atoms with E-state index in [4.69, 9.17) is 4.74 Å². The minimum atomic E-state index is -0.216. The molecule has 1 aromatic rings. The van der Waals surface area contributed by atoms with Crippen molar-refractivity contribution in [2.75, 3.05) is 7.05 Å². The Labute approximate surface area is 114 Å². The van der Waals surface area contributed by atoms with E-state index in [2.05, 4.69) is 17.4 Å². The lowest BCUT2D eigenvalue weighted by atomic mass is 10.0. The zero-order chi connectivity index (χ0) is 14.0. The first-order valence-corrected chi connectivity index (χ1v) is 6.77. The molecule has 1 aliphatic rings. The number of hydrogen-bond acceptors (Lipinski definition) is 3. The van der Waals surface area contributed by atoms with Gasteiger partial charge in [-0.25, -0.2) is 4.79 Å². The molecule has 4 heteroatoms. The SMILES string of the molecule is CNCc1cccc([C@H]2OC(=O)N(C(C)C)[C@H]2C)c1. The highest BCUT2D eigenvalue weighted by atomic mass is 16.6. The average Bonchev–Trinajstić information content (AvgIpc) is 2.65. The van der Waals surface area contributed by atoms with Crippen LogP contribution in [0.4, 0.5) is 4.79 Å². The van der Waals surface area contributed by atoms with Crippen LogP contribution in [-0.4, -0.2) is 30.1 Å². The molecule has 0 spiro atoms. The summed E-state index contributed by atoms with van der Waals surface area (Å²) in [5.74, 6) is 0. The Bertz CT molecular complexity index is 459. The van der Waals surface area contributed by atoms with Gasteiger partial charge in [-0.05, 0) is 38.9 Å².